The van der Waals surface area contributed by atoms with Crippen molar-refractivity contribution in [2.45, 2.75) is 62.8 Å². The molecule has 0 bridgehead atoms. The summed E-state index contributed by atoms with van der Waals surface area (Å²) in [6.07, 6.45) is 7.63. The summed E-state index contributed by atoms with van der Waals surface area (Å²) in [5.74, 6) is -6.63. The first-order valence-electron chi connectivity index (χ1n) is 14.2. The number of rotatable bonds is 6. The van der Waals surface area contributed by atoms with Crippen LogP contribution in [0.25, 0.3) is 11.1 Å². The molecule has 6 rings (SSSR count). The average molecular weight is 578 g/mol. The summed E-state index contributed by atoms with van der Waals surface area (Å²) in [5, 5.41) is 49.3. The van der Waals surface area contributed by atoms with Gasteiger partial charge in [-0.3, -0.25) is 19.3 Å². The van der Waals surface area contributed by atoms with Crippen LogP contribution in [0.1, 0.15) is 53.6 Å². The molecule has 0 aliphatic heterocycles. The van der Waals surface area contributed by atoms with Gasteiger partial charge in [0.1, 0.15) is 22.8 Å². The maximum Gasteiger partial charge on any atom is 0.255 e. The fourth-order valence-corrected chi connectivity index (χ4v) is 7.57. The number of amides is 1. The van der Waals surface area contributed by atoms with E-state index >= 15 is 0 Å². The number of hydrogen-bond donors (Lipinski definition) is 6. The van der Waals surface area contributed by atoms with Gasteiger partial charge in [0.05, 0.1) is 24.1 Å². The van der Waals surface area contributed by atoms with E-state index in [9.17, 15) is 34.8 Å². The molecule has 4 atom stereocenters. The SMILES string of the molecule is CN(C)C1C(O)=C(C(N)=O)C(=O)[C@@]2(O)C(O)=C3C(=O)c4c(O)c(CNC5CCCC5)cc(-c5ccoc5)c4C[C@H]3C[C@@H]12. The Morgan fingerprint density at radius 3 is 2.52 bits per heavy atom. The molecule has 1 heterocycles. The minimum atomic E-state index is -2.67. The van der Waals surface area contributed by atoms with Gasteiger partial charge >= 0.3 is 0 Å². The maximum atomic E-state index is 14.2. The number of carbonyl (C=O) groups is 3. The van der Waals surface area contributed by atoms with E-state index in [1.54, 1.807) is 26.4 Å². The summed E-state index contributed by atoms with van der Waals surface area (Å²) in [6.45, 7) is 0.317. The Balaban J connectivity index is 1.51. The first-order chi connectivity index (χ1) is 20.0. The Hall–Kier alpha value is -3.93. The predicted octanol–water partition coefficient (Wildman–Crippen LogP) is 2.41. The van der Waals surface area contributed by atoms with E-state index in [-0.39, 0.29) is 29.7 Å². The fourth-order valence-electron chi connectivity index (χ4n) is 7.57. The van der Waals surface area contributed by atoms with Gasteiger partial charge < -0.3 is 35.9 Å². The number of fused-ring (bicyclic) bond motifs is 3. The van der Waals surface area contributed by atoms with Crippen LogP contribution in [-0.2, 0) is 22.6 Å². The topological polar surface area (TPSA) is 187 Å². The number of hydrogen-bond acceptors (Lipinski definition) is 10. The second kappa shape index (κ2) is 10.1. The van der Waals surface area contributed by atoms with Crippen molar-refractivity contribution in [3.05, 3.63) is 64.0 Å². The number of aliphatic hydroxyl groups is 3. The molecule has 7 N–H and O–H groups in total. The number of nitrogens with two attached hydrogens (primary N) is 1. The highest BCUT2D eigenvalue weighted by Crippen LogP contribution is 2.53. The van der Waals surface area contributed by atoms with Gasteiger partial charge in [0.25, 0.3) is 5.91 Å². The van der Waals surface area contributed by atoms with Crippen LogP contribution in [-0.4, -0.2) is 74.6 Å². The van der Waals surface area contributed by atoms with Crippen LogP contribution >= 0.6 is 0 Å². The lowest BCUT2D eigenvalue weighted by Gasteiger charge is -2.50. The number of allylic oxidation sites excluding steroid dienone is 1. The number of carbonyl (C=O) groups excluding carboxylic acids is 3. The number of furan rings is 1. The van der Waals surface area contributed by atoms with Crippen LogP contribution in [0.3, 0.4) is 0 Å². The number of primary amides is 1. The highest BCUT2D eigenvalue weighted by atomic mass is 16.3. The molecular formula is C31H35N3O8. The van der Waals surface area contributed by atoms with Crippen LogP contribution in [0.4, 0.5) is 0 Å². The first-order valence-corrected chi connectivity index (χ1v) is 14.2. The largest absolute Gasteiger partial charge is 0.510 e. The van der Waals surface area contributed by atoms with Gasteiger partial charge in [0.2, 0.25) is 5.78 Å². The molecule has 42 heavy (non-hydrogen) atoms. The lowest BCUT2D eigenvalue weighted by molar-refractivity contribution is -0.148. The lowest BCUT2D eigenvalue weighted by atomic mass is 9.58. The van der Waals surface area contributed by atoms with E-state index in [2.05, 4.69) is 5.32 Å². The highest BCUT2D eigenvalue weighted by Gasteiger charge is 2.63. The summed E-state index contributed by atoms with van der Waals surface area (Å²) in [5.41, 5.74) is 4.23. The summed E-state index contributed by atoms with van der Waals surface area (Å²) < 4.78 is 5.34. The smallest absolute Gasteiger partial charge is 0.255 e. The molecule has 1 fully saturated rings. The summed E-state index contributed by atoms with van der Waals surface area (Å²) in [7, 11) is 3.20. The number of Topliss-reactive ketones (excluding diaryl/α,β-unsaturated/α-hetero) is 2. The number of phenolic OH excluding ortho intramolecular Hbond substituents is 1. The van der Waals surface area contributed by atoms with Gasteiger partial charge in [-0.15, -0.1) is 0 Å². The highest BCUT2D eigenvalue weighted by molar-refractivity contribution is 6.25. The number of ketones is 2. The van der Waals surface area contributed by atoms with Crippen molar-refractivity contribution in [3.63, 3.8) is 0 Å². The lowest BCUT2D eigenvalue weighted by Crippen LogP contribution is -2.63. The Morgan fingerprint density at radius 2 is 1.90 bits per heavy atom. The number of likely N-dealkylation sites (N-methyl/N-ethyl adjacent to an activating group) is 1. The van der Waals surface area contributed by atoms with E-state index < -0.39 is 58.0 Å². The molecule has 4 aliphatic carbocycles. The van der Waals surface area contributed by atoms with Crippen molar-refractivity contribution < 1.29 is 39.2 Å². The molecule has 1 unspecified atom stereocenters. The third-order valence-corrected chi connectivity index (χ3v) is 9.57. The van der Waals surface area contributed by atoms with Crippen molar-refractivity contribution in [1.29, 1.82) is 0 Å². The number of nitrogens with one attached hydrogen (secondary N) is 1. The van der Waals surface area contributed by atoms with Gasteiger partial charge in [0, 0.05) is 35.2 Å². The van der Waals surface area contributed by atoms with Crippen LogP contribution in [0, 0.1) is 11.8 Å². The molecule has 0 spiro atoms. The zero-order valence-electron chi connectivity index (χ0n) is 23.5. The van der Waals surface area contributed by atoms with E-state index in [4.69, 9.17) is 10.2 Å². The van der Waals surface area contributed by atoms with Crippen molar-refractivity contribution in [3.8, 4) is 16.9 Å². The molecule has 1 aromatic carbocycles. The summed E-state index contributed by atoms with van der Waals surface area (Å²) in [4.78, 5) is 41.5. The second-order valence-corrected chi connectivity index (χ2v) is 12.1. The van der Waals surface area contributed by atoms with Crippen molar-refractivity contribution >= 4 is 17.5 Å². The molecule has 11 heteroatoms. The van der Waals surface area contributed by atoms with Gasteiger partial charge in [-0.2, -0.15) is 0 Å². The van der Waals surface area contributed by atoms with Crippen LogP contribution < -0.4 is 11.1 Å². The number of aromatic hydroxyl groups is 1. The second-order valence-electron chi connectivity index (χ2n) is 12.1. The van der Waals surface area contributed by atoms with Gasteiger partial charge in [-0.05, 0) is 69.0 Å². The Kier molecular flexibility index (Phi) is 6.79. The molecule has 222 valence electrons. The monoisotopic (exact) mass is 577 g/mol. The third-order valence-electron chi connectivity index (χ3n) is 9.57. The molecule has 1 amide bonds. The third kappa shape index (κ3) is 4.02. The molecule has 4 aliphatic rings. The predicted molar refractivity (Wildman–Crippen MR) is 150 cm³/mol. The number of aliphatic hydroxyl groups excluding tert-OH is 2. The Morgan fingerprint density at radius 1 is 1.19 bits per heavy atom. The number of nitrogens with zero attached hydrogens (tertiary/aromatic N) is 1. The zero-order valence-corrected chi connectivity index (χ0v) is 23.5. The fraction of sp³-hybridized carbons (Fsp3) is 0.452. The van der Waals surface area contributed by atoms with Crippen molar-refractivity contribution in [2.75, 3.05) is 14.1 Å². The molecule has 1 aromatic heterocycles. The minimum Gasteiger partial charge on any atom is -0.510 e. The minimum absolute atomic E-state index is 0.00213. The standard InChI is InChI=1S/C31H35N3O8/c1-34(2)24-20-11-15-9-19-18(14-7-8-42-13-14)10-16(12-33-17-5-3-4-6-17)25(35)22(19)26(36)21(15)28(38)31(20,41)29(39)23(27(24)37)30(32)40/h7-8,10,13,15,17,20,24,33,35,37-38,41H,3-6,9,11-12H2,1-2H3,(H2,32,40)/t15-,20-,24?,31-/m0/s1. The van der Waals surface area contributed by atoms with E-state index in [0.29, 0.717) is 29.3 Å². The molecule has 0 radical (unpaired) electrons. The van der Waals surface area contributed by atoms with E-state index in [0.717, 1.165) is 31.2 Å². The van der Waals surface area contributed by atoms with E-state index in [1.165, 1.54) is 11.2 Å². The Labute approximate surface area is 242 Å². The molecular weight excluding hydrogens is 542 g/mol. The molecule has 1 saturated carbocycles. The first kappa shape index (κ1) is 28.2. The maximum absolute atomic E-state index is 14.2. The molecule has 0 saturated heterocycles. The van der Waals surface area contributed by atoms with Crippen LogP contribution in [0.2, 0.25) is 0 Å². The number of phenols is 1. The zero-order chi connectivity index (χ0) is 30.1. The normalized spacial score (nSPS) is 27.9. The Bertz CT molecular complexity index is 1550. The van der Waals surface area contributed by atoms with Gasteiger partial charge in [-0.1, -0.05) is 12.8 Å². The van der Waals surface area contributed by atoms with Crippen LogP contribution in [0.15, 0.2) is 51.7 Å². The molecule has 11 nitrogen and oxygen atoms in total. The van der Waals surface area contributed by atoms with Crippen molar-refractivity contribution in [2.24, 2.45) is 17.6 Å². The number of benzene rings is 1. The van der Waals surface area contributed by atoms with E-state index in [1.807, 2.05) is 6.07 Å². The van der Waals surface area contributed by atoms with Crippen molar-refractivity contribution in [1.82, 2.24) is 10.2 Å². The summed E-state index contributed by atoms with van der Waals surface area (Å²) >= 11 is 0. The van der Waals surface area contributed by atoms with Gasteiger partial charge in [0.15, 0.2) is 11.4 Å². The van der Waals surface area contributed by atoms with Crippen LogP contribution in [0.5, 0.6) is 5.75 Å². The summed E-state index contributed by atoms with van der Waals surface area (Å²) in [6, 6.07) is 2.88. The molecule has 2 aromatic rings. The average Bonchev–Trinajstić information content (AvgIpc) is 3.65. The van der Waals surface area contributed by atoms with Gasteiger partial charge in [-0.25, -0.2) is 0 Å². The quantitative estimate of drug-likeness (QED) is 0.278.